The lowest BCUT2D eigenvalue weighted by Gasteiger charge is -2.18. The number of allylic oxidation sites excluding steroid dienone is 2. The molecule has 1 aromatic rings. The number of carbonyl (C=O) groups is 1. The van der Waals surface area contributed by atoms with Crippen LogP contribution in [0.25, 0.3) is 0 Å². The van der Waals surface area contributed by atoms with Crippen LogP contribution >= 0.6 is 0 Å². The van der Waals surface area contributed by atoms with Gasteiger partial charge in [-0.25, -0.2) is 0 Å². The van der Waals surface area contributed by atoms with E-state index in [0.29, 0.717) is 17.7 Å². The first kappa shape index (κ1) is 16.0. The van der Waals surface area contributed by atoms with Crippen molar-refractivity contribution in [3.05, 3.63) is 59.8 Å². The van der Waals surface area contributed by atoms with Crippen LogP contribution in [0.15, 0.2) is 48.7 Å². The summed E-state index contributed by atoms with van der Waals surface area (Å²) in [5, 5.41) is 0. The van der Waals surface area contributed by atoms with Crippen LogP contribution in [-0.4, -0.2) is 38.6 Å². The molecule has 0 spiro atoms. The predicted molar refractivity (Wildman–Crippen MR) is 83.4 cm³/mol. The Kier molecular flexibility index (Phi) is 5.15. The fourth-order valence-corrected chi connectivity index (χ4v) is 2.03. The van der Waals surface area contributed by atoms with Gasteiger partial charge in [0.25, 0.3) is 16.0 Å². The molecule has 0 aliphatic carbocycles. The van der Waals surface area contributed by atoms with Gasteiger partial charge in [0, 0.05) is 23.9 Å². The molecule has 6 heteroatoms. The normalized spacial score (nSPS) is 13.6. The number of hydrogen-bond donors (Lipinski definition) is 0. The summed E-state index contributed by atoms with van der Waals surface area (Å²) in [4.78, 5) is 13.8. The van der Waals surface area contributed by atoms with Crippen LogP contribution in [0.4, 0.5) is 0 Å². The molecule has 1 heterocycles. The van der Waals surface area contributed by atoms with Crippen molar-refractivity contribution >= 4 is 16.0 Å². The number of benzene rings is 1. The zero-order valence-electron chi connectivity index (χ0n) is 12.0. The molecule has 1 aromatic carbocycles. The zero-order valence-corrected chi connectivity index (χ0v) is 12.8. The van der Waals surface area contributed by atoms with Gasteiger partial charge in [-0.3, -0.25) is 8.98 Å². The van der Waals surface area contributed by atoms with Crippen LogP contribution in [0, 0.1) is 11.8 Å². The maximum absolute atomic E-state index is 12.2. The minimum absolute atomic E-state index is 0.0829. The molecule has 0 saturated heterocycles. The Hall–Kier alpha value is -2.36. The van der Waals surface area contributed by atoms with Crippen LogP contribution in [0.1, 0.15) is 15.9 Å². The third-order valence-corrected chi connectivity index (χ3v) is 3.33. The second-order valence-corrected chi connectivity index (χ2v) is 6.22. The van der Waals surface area contributed by atoms with Gasteiger partial charge >= 0.3 is 0 Å². The van der Waals surface area contributed by atoms with Gasteiger partial charge in [0.05, 0.1) is 6.26 Å². The highest BCUT2D eigenvalue weighted by Crippen LogP contribution is 2.09. The molecule has 5 nitrogen and oxygen atoms in total. The van der Waals surface area contributed by atoms with E-state index in [1.54, 1.807) is 35.4 Å². The Morgan fingerprint density at radius 1 is 1.27 bits per heavy atom. The van der Waals surface area contributed by atoms with E-state index in [9.17, 15) is 13.2 Å². The van der Waals surface area contributed by atoms with Crippen molar-refractivity contribution in [2.75, 3.05) is 19.4 Å². The van der Waals surface area contributed by atoms with Crippen LogP contribution < -0.4 is 0 Å². The third-order valence-electron chi connectivity index (χ3n) is 2.79. The van der Waals surface area contributed by atoms with E-state index in [2.05, 4.69) is 16.0 Å². The Labute approximate surface area is 130 Å². The van der Waals surface area contributed by atoms with Gasteiger partial charge in [-0.05, 0) is 30.3 Å². The summed E-state index contributed by atoms with van der Waals surface area (Å²) in [5.74, 6) is 5.29. The third kappa shape index (κ3) is 4.88. The summed E-state index contributed by atoms with van der Waals surface area (Å²) in [6.45, 7) is 0.365. The lowest BCUT2D eigenvalue weighted by molar-refractivity contribution is 0.0834. The first-order valence-electron chi connectivity index (χ1n) is 6.53. The Balaban J connectivity index is 1.98. The van der Waals surface area contributed by atoms with E-state index in [0.717, 1.165) is 6.26 Å². The van der Waals surface area contributed by atoms with Crippen molar-refractivity contribution in [2.24, 2.45) is 0 Å². The van der Waals surface area contributed by atoms with Gasteiger partial charge in [-0.1, -0.05) is 24.0 Å². The maximum Gasteiger partial charge on any atom is 0.265 e. The van der Waals surface area contributed by atoms with Crippen LogP contribution in [0.2, 0.25) is 0 Å². The topological polar surface area (TPSA) is 63.7 Å². The van der Waals surface area contributed by atoms with Crippen molar-refractivity contribution in [3.63, 3.8) is 0 Å². The summed E-state index contributed by atoms with van der Waals surface area (Å²) >= 11 is 0. The molecule has 2 rings (SSSR count). The van der Waals surface area contributed by atoms with E-state index >= 15 is 0 Å². The number of rotatable bonds is 3. The molecule has 0 fully saturated rings. The second kappa shape index (κ2) is 7.07. The maximum atomic E-state index is 12.2. The molecule has 0 radical (unpaired) electrons. The van der Waals surface area contributed by atoms with Gasteiger partial charge in [0.1, 0.15) is 6.61 Å². The number of hydrogen-bond acceptors (Lipinski definition) is 4. The quantitative estimate of drug-likeness (QED) is 0.627. The molecule has 0 atom stereocenters. The van der Waals surface area contributed by atoms with Crippen molar-refractivity contribution in [1.29, 1.82) is 0 Å². The van der Waals surface area contributed by atoms with Gasteiger partial charge in [-0.15, -0.1) is 0 Å². The van der Waals surface area contributed by atoms with Crippen LogP contribution in [-0.2, 0) is 14.3 Å². The molecule has 22 heavy (non-hydrogen) atoms. The lowest BCUT2D eigenvalue weighted by Crippen LogP contribution is -2.26. The van der Waals surface area contributed by atoms with E-state index in [4.69, 9.17) is 0 Å². The fourth-order valence-electron chi connectivity index (χ4n) is 1.75. The Morgan fingerprint density at radius 3 is 2.59 bits per heavy atom. The predicted octanol–water partition coefficient (Wildman–Crippen LogP) is 1.54. The first-order chi connectivity index (χ1) is 10.5. The summed E-state index contributed by atoms with van der Waals surface area (Å²) < 4.78 is 26.1. The van der Waals surface area contributed by atoms with Gasteiger partial charge < -0.3 is 4.90 Å². The highest BCUT2D eigenvalue weighted by atomic mass is 32.2. The highest BCUT2D eigenvalue weighted by Gasteiger charge is 2.12. The first-order valence-corrected chi connectivity index (χ1v) is 8.35. The average molecular weight is 317 g/mol. The van der Waals surface area contributed by atoms with E-state index in [1.807, 2.05) is 18.2 Å². The summed E-state index contributed by atoms with van der Waals surface area (Å²) in [6, 6.07) is 6.81. The molecule has 1 amide bonds. The smallest absolute Gasteiger partial charge is 0.265 e. The molecular weight excluding hydrogens is 302 g/mol. The molecule has 114 valence electrons. The van der Waals surface area contributed by atoms with E-state index in [-0.39, 0.29) is 12.5 Å². The molecule has 1 aliphatic rings. The summed E-state index contributed by atoms with van der Waals surface area (Å²) in [5.41, 5.74) is 1.25. The standard InChI is InChI=1S/C16H15NO4S/c1-22(19,20)21-13-5-6-14-7-9-15(10-8-14)16(18)17-11-3-2-4-12-17/h2-4,7-11H,12-13H2,1H3. The molecule has 0 aromatic heterocycles. The number of carbonyl (C=O) groups excluding carboxylic acids is 1. The Bertz CT molecular complexity index is 765. The van der Waals surface area contributed by atoms with Gasteiger partial charge in [0.15, 0.2) is 0 Å². The minimum atomic E-state index is -3.47. The fraction of sp³-hybridized carbons (Fsp3) is 0.188. The van der Waals surface area contributed by atoms with Crippen molar-refractivity contribution in [3.8, 4) is 11.8 Å². The highest BCUT2D eigenvalue weighted by molar-refractivity contribution is 7.86. The van der Waals surface area contributed by atoms with E-state index in [1.165, 1.54) is 0 Å². The Morgan fingerprint density at radius 2 is 2.00 bits per heavy atom. The zero-order chi connectivity index (χ0) is 16.0. The van der Waals surface area contributed by atoms with Crippen LogP contribution in [0.5, 0.6) is 0 Å². The number of nitrogens with zero attached hydrogens (tertiary/aromatic N) is 1. The molecule has 1 aliphatic heterocycles. The molecule has 0 unspecified atom stereocenters. The lowest BCUT2D eigenvalue weighted by atomic mass is 10.1. The molecule has 0 saturated carbocycles. The summed E-state index contributed by atoms with van der Waals surface area (Å²) in [7, 11) is -3.47. The van der Waals surface area contributed by atoms with Gasteiger partial charge in [-0.2, -0.15) is 8.42 Å². The van der Waals surface area contributed by atoms with Crippen molar-refractivity contribution in [1.82, 2.24) is 4.90 Å². The summed E-state index contributed by atoms with van der Waals surface area (Å²) in [6.07, 6.45) is 8.31. The largest absolute Gasteiger partial charge is 0.311 e. The van der Waals surface area contributed by atoms with Crippen molar-refractivity contribution in [2.45, 2.75) is 0 Å². The number of amides is 1. The average Bonchev–Trinajstić information content (AvgIpc) is 2.51. The molecule has 0 N–H and O–H groups in total. The SMILES string of the molecule is CS(=O)(=O)OCC#Cc1ccc(C(=O)N2C=CC=CC2)cc1. The van der Waals surface area contributed by atoms with E-state index < -0.39 is 10.1 Å². The molecular formula is C16H15NO4S. The molecule has 0 bridgehead atoms. The van der Waals surface area contributed by atoms with Gasteiger partial charge in [0.2, 0.25) is 0 Å². The minimum Gasteiger partial charge on any atom is -0.311 e. The second-order valence-electron chi connectivity index (χ2n) is 4.57. The van der Waals surface area contributed by atoms with Crippen LogP contribution in [0.3, 0.4) is 0 Å². The monoisotopic (exact) mass is 317 g/mol. The van der Waals surface area contributed by atoms with Crippen molar-refractivity contribution < 1.29 is 17.4 Å².